The average molecular weight is 496 g/mol. The highest BCUT2D eigenvalue weighted by molar-refractivity contribution is 5.87. The number of hydrogen-bond donors (Lipinski definition) is 1. The van der Waals surface area contributed by atoms with Gasteiger partial charge >= 0.3 is 0 Å². The van der Waals surface area contributed by atoms with Crippen LogP contribution in [0.25, 0.3) is 22.3 Å². The molecule has 38 heavy (non-hydrogen) atoms. The van der Waals surface area contributed by atoms with Gasteiger partial charge in [-0.1, -0.05) is 133 Å². The average Bonchev–Trinajstić information content (AvgIpc) is 3.01. The summed E-state index contributed by atoms with van der Waals surface area (Å²) in [6.45, 7) is 0.907. The molecular formula is C36H33NO. The van der Waals surface area contributed by atoms with E-state index in [-0.39, 0.29) is 0 Å². The van der Waals surface area contributed by atoms with Crippen molar-refractivity contribution in [3.8, 4) is 22.3 Å². The number of carbonyl (C=O) groups excluding carboxylic acids is 1. The SMILES string of the molecule is O=Cc1ccccc1-c1ccccc1.c1ccc(-c2ccccc2CN[C@H]2CCCc3ccccc32)cc1. The second-order valence-corrected chi connectivity index (χ2v) is 9.62. The molecule has 5 aromatic carbocycles. The summed E-state index contributed by atoms with van der Waals surface area (Å²) < 4.78 is 0. The van der Waals surface area contributed by atoms with Crippen molar-refractivity contribution in [1.29, 1.82) is 0 Å². The Morgan fingerprint density at radius 1 is 0.632 bits per heavy atom. The highest BCUT2D eigenvalue weighted by Crippen LogP contribution is 2.31. The van der Waals surface area contributed by atoms with Crippen molar-refractivity contribution in [3.63, 3.8) is 0 Å². The normalized spacial score (nSPS) is 14.1. The Hall–Kier alpha value is -4.27. The fourth-order valence-electron chi connectivity index (χ4n) is 5.25. The maximum atomic E-state index is 10.8. The number of aldehydes is 1. The lowest BCUT2D eigenvalue weighted by Crippen LogP contribution is -2.25. The molecule has 2 nitrogen and oxygen atoms in total. The number of aryl methyl sites for hydroxylation is 1. The van der Waals surface area contributed by atoms with Gasteiger partial charge in [-0.3, -0.25) is 4.79 Å². The summed E-state index contributed by atoms with van der Waals surface area (Å²) in [4.78, 5) is 10.8. The summed E-state index contributed by atoms with van der Waals surface area (Å²) >= 11 is 0. The minimum Gasteiger partial charge on any atom is -0.306 e. The van der Waals surface area contributed by atoms with Gasteiger partial charge in [-0.2, -0.15) is 0 Å². The molecular weight excluding hydrogens is 462 g/mol. The first kappa shape index (κ1) is 25.4. The van der Waals surface area contributed by atoms with Crippen molar-refractivity contribution in [2.75, 3.05) is 0 Å². The van der Waals surface area contributed by atoms with Gasteiger partial charge in [0.2, 0.25) is 0 Å². The molecule has 1 N–H and O–H groups in total. The second kappa shape index (κ2) is 12.8. The Labute approximate surface area is 226 Å². The van der Waals surface area contributed by atoms with Crippen LogP contribution in [0.5, 0.6) is 0 Å². The lowest BCUT2D eigenvalue weighted by atomic mass is 9.87. The van der Waals surface area contributed by atoms with E-state index in [4.69, 9.17) is 0 Å². The highest BCUT2D eigenvalue weighted by atomic mass is 16.1. The van der Waals surface area contributed by atoms with E-state index in [9.17, 15) is 4.79 Å². The number of nitrogens with one attached hydrogen (secondary N) is 1. The topological polar surface area (TPSA) is 29.1 Å². The molecule has 0 radical (unpaired) electrons. The number of hydrogen-bond acceptors (Lipinski definition) is 2. The van der Waals surface area contributed by atoms with Crippen LogP contribution in [0.15, 0.2) is 133 Å². The molecule has 188 valence electrons. The first-order valence-electron chi connectivity index (χ1n) is 13.4. The van der Waals surface area contributed by atoms with Crippen molar-refractivity contribution in [2.24, 2.45) is 0 Å². The van der Waals surface area contributed by atoms with E-state index in [1.807, 2.05) is 54.6 Å². The van der Waals surface area contributed by atoms with E-state index in [2.05, 4.69) is 84.2 Å². The third-order valence-electron chi connectivity index (χ3n) is 7.18. The zero-order valence-electron chi connectivity index (χ0n) is 21.6. The molecule has 0 aromatic heterocycles. The summed E-state index contributed by atoms with van der Waals surface area (Å²) in [6, 6.07) is 46.3. The largest absolute Gasteiger partial charge is 0.306 e. The number of fused-ring (bicyclic) bond motifs is 1. The van der Waals surface area contributed by atoms with Gasteiger partial charge in [0.05, 0.1) is 0 Å². The van der Waals surface area contributed by atoms with Crippen LogP contribution >= 0.6 is 0 Å². The molecule has 1 aliphatic carbocycles. The van der Waals surface area contributed by atoms with Gasteiger partial charge in [0.25, 0.3) is 0 Å². The summed E-state index contributed by atoms with van der Waals surface area (Å²) in [5, 5.41) is 3.80. The molecule has 0 unspecified atom stereocenters. The van der Waals surface area contributed by atoms with Gasteiger partial charge in [0.15, 0.2) is 6.29 Å². The number of rotatable bonds is 6. The maximum Gasteiger partial charge on any atom is 0.150 e. The fourth-order valence-corrected chi connectivity index (χ4v) is 5.25. The van der Waals surface area contributed by atoms with Crippen LogP contribution in [-0.2, 0) is 13.0 Å². The van der Waals surface area contributed by atoms with Crippen LogP contribution in [0.2, 0.25) is 0 Å². The van der Waals surface area contributed by atoms with Crippen LogP contribution in [0.3, 0.4) is 0 Å². The molecule has 0 aliphatic heterocycles. The molecule has 0 saturated heterocycles. The monoisotopic (exact) mass is 495 g/mol. The quantitative estimate of drug-likeness (QED) is 0.239. The summed E-state index contributed by atoms with van der Waals surface area (Å²) in [6.07, 6.45) is 4.61. The van der Waals surface area contributed by atoms with Gasteiger partial charge in [0, 0.05) is 18.2 Å². The van der Waals surface area contributed by atoms with Crippen LogP contribution in [0.4, 0.5) is 0 Å². The van der Waals surface area contributed by atoms with Crippen molar-refractivity contribution in [1.82, 2.24) is 5.32 Å². The maximum absolute atomic E-state index is 10.8. The molecule has 6 rings (SSSR count). The van der Waals surface area contributed by atoms with Gasteiger partial charge < -0.3 is 5.32 Å². The fraction of sp³-hybridized carbons (Fsp3) is 0.139. The first-order valence-corrected chi connectivity index (χ1v) is 13.4. The number of carbonyl (C=O) groups is 1. The van der Waals surface area contributed by atoms with Crippen LogP contribution in [0.1, 0.15) is 45.9 Å². The van der Waals surface area contributed by atoms with Gasteiger partial charge in [-0.05, 0) is 58.2 Å². The minimum atomic E-state index is 0.471. The molecule has 5 aromatic rings. The zero-order chi connectivity index (χ0) is 26.0. The lowest BCUT2D eigenvalue weighted by molar-refractivity contribution is 0.112. The molecule has 0 heterocycles. The highest BCUT2D eigenvalue weighted by Gasteiger charge is 2.19. The molecule has 0 bridgehead atoms. The van der Waals surface area contributed by atoms with Crippen LogP contribution in [-0.4, -0.2) is 6.29 Å². The Morgan fingerprint density at radius 2 is 1.21 bits per heavy atom. The first-order chi connectivity index (χ1) is 18.8. The Balaban J connectivity index is 0.000000179. The molecule has 0 fully saturated rings. The molecule has 1 atom stereocenters. The molecule has 0 spiro atoms. The third kappa shape index (κ3) is 6.16. The molecule has 0 saturated carbocycles. The van der Waals surface area contributed by atoms with Crippen molar-refractivity contribution < 1.29 is 4.79 Å². The summed E-state index contributed by atoms with van der Waals surface area (Å²) in [5.41, 5.74) is 9.79. The zero-order valence-corrected chi connectivity index (χ0v) is 21.6. The Morgan fingerprint density at radius 3 is 1.95 bits per heavy atom. The number of benzene rings is 5. The van der Waals surface area contributed by atoms with E-state index in [0.29, 0.717) is 6.04 Å². The lowest BCUT2D eigenvalue weighted by Gasteiger charge is -2.27. The van der Waals surface area contributed by atoms with E-state index in [1.165, 1.54) is 47.1 Å². The third-order valence-corrected chi connectivity index (χ3v) is 7.18. The minimum absolute atomic E-state index is 0.471. The van der Waals surface area contributed by atoms with Crippen molar-refractivity contribution in [3.05, 3.63) is 156 Å². The van der Waals surface area contributed by atoms with E-state index < -0.39 is 0 Å². The van der Waals surface area contributed by atoms with E-state index in [1.54, 1.807) is 0 Å². The Kier molecular flexibility index (Phi) is 8.55. The smallest absolute Gasteiger partial charge is 0.150 e. The second-order valence-electron chi connectivity index (χ2n) is 9.62. The Bertz CT molecular complexity index is 1460. The van der Waals surface area contributed by atoms with Gasteiger partial charge in [-0.25, -0.2) is 0 Å². The van der Waals surface area contributed by atoms with E-state index >= 15 is 0 Å². The van der Waals surface area contributed by atoms with Crippen molar-refractivity contribution in [2.45, 2.75) is 31.8 Å². The van der Waals surface area contributed by atoms with E-state index in [0.717, 1.165) is 29.5 Å². The van der Waals surface area contributed by atoms with Crippen LogP contribution in [0, 0.1) is 0 Å². The predicted octanol–water partition coefficient (Wildman–Crippen LogP) is 8.69. The summed E-state index contributed by atoms with van der Waals surface area (Å²) in [5.74, 6) is 0. The standard InChI is InChI=1S/C23H23N.C13H10O/c1-2-9-18(10-3-1)21-14-6-5-12-20(21)17-24-23-16-8-13-19-11-4-7-15-22(19)23;14-10-12-8-4-5-9-13(12)11-6-2-1-3-7-11/h1-7,9-12,14-15,23-24H,8,13,16-17H2;1-10H/t23-;/m0./s1. The van der Waals surface area contributed by atoms with Gasteiger partial charge in [0.1, 0.15) is 0 Å². The molecule has 0 amide bonds. The van der Waals surface area contributed by atoms with Gasteiger partial charge in [-0.15, -0.1) is 0 Å². The predicted molar refractivity (Wildman–Crippen MR) is 158 cm³/mol. The van der Waals surface area contributed by atoms with Crippen LogP contribution < -0.4 is 5.32 Å². The summed E-state index contributed by atoms with van der Waals surface area (Å²) in [7, 11) is 0. The van der Waals surface area contributed by atoms with Crippen molar-refractivity contribution >= 4 is 6.29 Å². The molecule has 1 aliphatic rings. The molecule has 2 heteroatoms.